The van der Waals surface area contributed by atoms with Gasteiger partial charge < -0.3 is 9.47 Å². The Morgan fingerprint density at radius 3 is 1.29 bits per heavy atom. The third-order valence-electron chi connectivity index (χ3n) is 6.86. The third-order valence-corrected chi connectivity index (χ3v) is 6.86. The molecule has 3 heteroatoms. The van der Waals surface area contributed by atoms with E-state index < -0.39 is 6.16 Å². The predicted octanol–water partition coefficient (Wildman–Crippen LogP) is 9.52. The van der Waals surface area contributed by atoms with Crippen molar-refractivity contribution in [2.45, 2.75) is 13.8 Å². The zero-order valence-corrected chi connectivity index (χ0v) is 21.3. The highest BCUT2D eigenvalue weighted by Gasteiger charge is 2.20. The molecule has 0 saturated heterocycles. The summed E-state index contributed by atoms with van der Waals surface area (Å²) in [7, 11) is 0. The van der Waals surface area contributed by atoms with Gasteiger partial charge in [-0.2, -0.15) is 0 Å². The summed E-state index contributed by atoms with van der Waals surface area (Å²) < 4.78 is 12.1. The molecule has 38 heavy (non-hydrogen) atoms. The number of rotatable bonds is 4. The molecule has 0 N–H and O–H groups in total. The summed E-state index contributed by atoms with van der Waals surface area (Å²) in [5.41, 5.74) is 5.92. The smallest absolute Gasteiger partial charge is 0.393 e. The maximum Gasteiger partial charge on any atom is 0.519 e. The molecule has 0 radical (unpaired) electrons. The molecule has 184 valence electrons. The lowest BCUT2D eigenvalue weighted by atomic mass is 9.99. The molecular formula is C35H26O3. The monoisotopic (exact) mass is 494 g/mol. The van der Waals surface area contributed by atoms with E-state index in [2.05, 4.69) is 38.1 Å². The first-order chi connectivity index (χ1) is 18.6. The molecule has 0 aliphatic carbocycles. The molecule has 0 saturated carbocycles. The van der Waals surface area contributed by atoms with Gasteiger partial charge >= 0.3 is 6.16 Å². The van der Waals surface area contributed by atoms with Gasteiger partial charge in [0.1, 0.15) is 11.5 Å². The molecule has 6 aromatic rings. The Bertz CT molecular complexity index is 1650. The standard InChI is InChI=1S/C35H26O3/c1-23-11-15-27(16-12-23)31-21-19-25-7-3-5-9-29(25)33(31)37-35(36)38-34-30-10-6-4-8-26(30)20-22-32(34)28-17-13-24(2)14-18-28/h3-22H,1-2H3. The van der Waals surface area contributed by atoms with Gasteiger partial charge in [0.25, 0.3) is 0 Å². The van der Waals surface area contributed by atoms with Crippen LogP contribution in [0.15, 0.2) is 121 Å². The van der Waals surface area contributed by atoms with Crippen molar-refractivity contribution in [2.24, 2.45) is 0 Å². The van der Waals surface area contributed by atoms with Crippen molar-refractivity contribution < 1.29 is 14.3 Å². The van der Waals surface area contributed by atoms with Crippen molar-refractivity contribution in [3.05, 3.63) is 132 Å². The fraction of sp³-hybridized carbons (Fsp3) is 0.0571. The third kappa shape index (κ3) is 4.51. The zero-order chi connectivity index (χ0) is 26.1. The Hall–Kier alpha value is -4.89. The van der Waals surface area contributed by atoms with Crippen molar-refractivity contribution in [2.75, 3.05) is 0 Å². The number of hydrogen-bond acceptors (Lipinski definition) is 3. The van der Waals surface area contributed by atoms with Gasteiger partial charge in [-0.05, 0) is 47.9 Å². The summed E-state index contributed by atoms with van der Waals surface area (Å²) in [6.07, 6.45) is -0.778. The maximum atomic E-state index is 13.5. The highest BCUT2D eigenvalue weighted by Crippen LogP contribution is 2.40. The van der Waals surface area contributed by atoms with Crippen LogP contribution in [-0.2, 0) is 0 Å². The van der Waals surface area contributed by atoms with Crippen molar-refractivity contribution in [3.8, 4) is 33.8 Å². The van der Waals surface area contributed by atoms with E-state index in [9.17, 15) is 4.79 Å². The second-order valence-electron chi connectivity index (χ2n) is 9.51. The fourth-order valence-corrected chi connectivity index (χ4v) is 4.81. The number of fused-ring (bicyclic) bond motifs is 2. The van der Waals surface area contributed by atoms with Crippen molar-refractivity contribution in [1.29, 1.82) is 0 Å². The Balaban J connectivity index is 1.44. The molecule has 6 aromatic carbocycles. The van der Waals surface area contributed by atoms with Gasteiger partial charge in [0, 0.05) is 21.9 Å². The van der Waals surface area contributed by atoms with E-state index in [-0.39, 0.29) is 0 Å². The highest BCUT2D eigenvalue weighted by molar-refractivity contribution is 5.99. The predicted molar refractivity (Wildman–Crippen MR) is 155 cm³/mol. The Labute approximate surface area is 221 Å². The van der Waals surface area contributed by atoms with Crippen LogP contribution < -0.4 is 9.47 Å². The SMILES string of the molecule is Cc1ccc(-c2ccc3ccccc3c2OC(=O)Oc2c(-c3ccc(C)cc3)ccc3ccccc23)cc1. The molecule has 3 nitrogen and oxygen atoms in total. The van der Waals surface area contributed by atoms with Gasteiger partial charge in [-0.1, -0.05) is 120 Å². The Morgan fingerprint density at radius 2 is 0.868 bits per heavy atom. The summed E-state index contributed by atoms with van der Waals surface area (Å²) in [6, 6.07) is 40.2. The van der Waals surface area contributed by atoms with E-state index in [1.165, 1.54) is 0 Å². The molecule has 0 unspecified atom stereocenters. The van der Waals surface area contributed by atoms with E-state index in [0.29, 0.717) is 11.5 Å². The van der Waals surface area contributed by atoms with Crippen molar-refractivity contribution >= 4 is 27.7 Å². The first kappa shape index (κ1) is 23.5. The van der Waals surface area contributed by atoms with E-state index >= 15 is 0 Å². The quantitative estimate of drug-likeness (QED) is 0.181. The average molecular weight is 495 g/mol. The second kappa shape index (κ2) is 9.87. The summed E-state index contributed by atoms with van der Waals surface area (Å²) in [4.78, 5) is 13.5. The lowest BCUT2D eigenvalue weighted by Crippen LogP contribution is -2.15. The fourth-order valence-electron chi connectivity index (χ4n) is 4.81. The molecule has 0 spiro atoms. The van der Waals surface area contributed by atoms with Crippen LogP contribution in [-0.4, -0.2) is 6.16 Å². The summed E-state index contributed by atoms with van der Waals surface area (Å²) in [6.45, 7) is 4.10. The Morgan fingerprint density at radius 1 is 0.474 bits per heavy atom. The molecule has 0 atom stereocenters. The lowest BCUT2D eigenvalue weighted by Gasteiger charge is -2.16. The lowest BCUT2D eigenvalue weighted by molar-refractivity contribution is 0.153. The van der Waals surface area contributed by atoms with Crippen molar-refractivity contribution in [3.63, 3.8) is 0 Å². The number of ether oxygens (including phenoxy) is 2. The van der Waals surface area contributed by atoms with Gasteiger partial charge in [0.2, 0.25) is 0 Å². The molecule has 0 aliphatic heterocycles. The van der Waals surface area contributed by atoms with Gasteiger partial charge in [0.15, 0.2) is 0 Å². The van der Waals surface area contributed by atoms with Gasteiger partial charge in [-0.15, -0.1) is 0 Å². The summed E-state index contributed by atoms with van der Waals surface area (Å²) in [5, 5.41) is 3.66. The van der Waals surface area contributed by atoms with Crippen LogP contribution in [0.5, 0.6) is 11.5 Å². The van der Waals surface area contributed by atoms with E-state index in [1.807, 2.05) is 97.1 Å². The van der Waals surface area contributed by atoms with Crippen LogP contribution in [0.1, 0.15) is 11.1 Å². The molecule has 6 rings (SSSR count). The molecule has 0 aromatic heterocycles. The summed E-state index contributed by atoms with van der Waals surface area (Å²) in [5.74, 6) is 0.961. The van der Waals surface area contributed by atoms with E-state index in [4.69, 9.17) is 9.47 Å². The highest BCUT2D eigenvalue weighted by atomic mass is 16.7. The van der Waals surface area contributed by atoms with Gasteiger partial charge in [-0.25, -0.2) is 4.79 Å². The normalized spacial score (nSPS) is 11.0. The Kier molecular flexibility index (Phi) is 6.11. The summed E-state index contributed by atoms with van der Waals surface area (Å²) >= 11 is 0. The number of benzene rings is 6. The minimum atomic E-state index is -0.778. The first-order valence-corrected chi connectivity index (χ1v) is 12.6. The minimum Gasteiger partial charge on any atom is -0.393 e. The number of aryl methyl sites for hydroxylation is 2. The maximum absolute atomic E-state index is 13.5. The second-order valence-corrected chi connectivity index (χ2v) is 9.51. The number of carbonyl (C=O) groups excluding carboxylic acids is 1. The molecular weight excluding hydrogens is 468 g/mol. The minimum absolute atomic E-state index is 0.481. The average Bonchev–Trinajstić information content (AvgIpc) is 2.94. The molecule has 0 amide bonds. The molecule has 0 heterocycles. The van der Waals surface area contributed by atoms with Crippen LogP contribution in [0, 0.1) is 13.8 Å². The van der Waals surface area contributed by atoms with Crippen molar-refractivity contribution in [1.82, 2.24) is 0 Å². The largest absolute Gasteiger partial charge is 0.519 e. The number of hydrogen-bond donors (Lipinski definition) is 0. The van der Waals surface area contributed by atoms with Crippen LogP contribution >= 0.6 is 0 Å². The van der Waals surface area contributed by atoms with Crippen LogP contribution in [0.2, 0.25) is 0 Å². The van der Waals surface area contributed by atoms with Crippen LogP contribution in [0.3, 0.4) is 0 Å². The van der Waals surface area contributed by atoms with E-state index in [1.54, 1.807) is 0 Å². The van der Waals surface area contributed by atoms with Gasteiger partial charge in [0.05, 0.1) is 0 Å². The first-order valence-electron chi connectivity index (χ1n) is 12.6. The van der Waals surface area contributed by atoms with Crippen LogP contribution in [0.25, 0.3) is 43.8 Å². The number of carbonyl (C=O) groups is 1. The molecule has 0 aliphatic rings. The van der Waals surface area contributed by atoms with E-state index in [0.717, 1.165) is 54.9 Å². The molecule has 0 fully saturated rings. The molecule has 0 bridgehead atoms. The van der Waals surface area contributed by atoms with Gasteiger partial charge in [-0.3, -0.25) is 0 Å². The zero-order valence-electron chi connectivity index (χ0n) is 21.3. The topological polar surface area (TPSA) is 35.5 Å². The van der Waals surface area contributed by atoms with Crippen LogP contribution in [0.4, 0.5) is 4.79 Å².